The maximum Gasteiger partial charge on any atom is 0.416 e. The lowest BCUT2D eigenvalue weighted by atomic mass is 10.1. The van der Waals surface area contributed by atoms with Gasteiger partial charge >= 0.3 is 6.18 Å². The van der Waals surface area contributed by atoms with Crippen molar-refractivity contribution in [3.05, 3.63) is 58.5 Å². The first kappa shape index (κ1) is 20.4. The maximum atomic E-state index is 12.9. The molecular weight excluding hydrogens is 415 g/mol. The molecule has 0 unspecified atom stereocenters. The van der Waals surface area contributed by atoms with Crippen molar-refractivity contribution in [1.29, 1.82) is 0 Å². The zero-order valence-electron chi connectivity index (χ0n) is 16.1. The molecule has 2 heterocycles. The van der Waals surface area contributed by atoms with Crippen LogP contribution in [0.3, 0.4) is 0 Å². The van der Waals surface area contributed by atoms with Gasteiger partial charge in [0.15, 0.2) is 5.65 Å². The summed E-state index contributed by atoms with van der Waals surface area (Å²) in [4.78, 5) is 13.4. The number of carbonyl (C=O) groups is 1. The Kier molecular flexibility index (Phi) is 5.03. The van der Waals surface area contributed by atoms with Crippen molar-refractivity contribution in [2.24, 2.45) is 0 Å². The molecule has 156 valence electrons. The lowest BCUT2D eigenvalue weighted by molar-refractivity contribution is -0.137. The van der Waals surface area contributed by atoms with Crippen LogP contribution in [0.2, 0.25) is 0 Å². The number of fused-ring (bicyclic) bond motifs is 3. The summed E-state index contributed by atoms with van der Waals surface area (Å²) in [5.41, 5.74) is 1.65. The highest BCUT2D eigenvalue weighted by molar-refractivity contribution is 7.07. The van der Waals surface area contributed by atoms with Gasteiger partial charge in [0, 0.05) is 33.4 Å². The van der Waals surface area contributed by atoms with Crippen molar-refractivity contribution >= 4 is 39.4 Å². The zero-order chi connectivity index (χ0) is 21.6. The highest BCUT2D eigenvalue weighted by Crippen LogP contribution is 2.36. The van der Waals surface area contributed by atoms with E-state index in [4.69, 9.17) is 0 Å². The average molecular weight is 433 g/mol. The van der Waals surface area contributed by atoms with Crippen LogP contribution in [-0.4, -0.2) is 32.6 Å². The van der Waals surface area contributed by atoms with Gasteiger partial charge in [0.05, 0.1) is 17.2 Å². The summed E-state index contributed by atoms with van der Waals surface area (Å²) in [7, 11) is 0. The molecule has 1 amide bonds. The highest BCUT2D eigenvalue weighted by Gasteiger charge is 2.30. The van der Waals surface area contributed by atoms with E-state index in [1.165, 1.54) is 23.7 Å². The summed E-state index contributed by atoms with van der Waals surface area (Å²) >= 11 is 1.30. The molecule has 0 saturated carbocycles. The quantitative estimate of drug-likeness (QED) is 0.491. The largest absolute Gasteiger partial charge is 0.416 e. The Balaban J connectivity index is 1.85. The van der Waals surface area contributed by atoms with Gasteiger partial charge in [-0.15, -0.1) is 0 Å². The van der Waals surface area contributed by atoms with Gasteiger partial charge in [-0.25, -0.2) is 0 Å². The molecule has 1 atom stereocenters. The molecule has 5 nitrogen and oxygen atoms in total. The van der Waals surface area contributed by atoms with Crippen molar-refractivity contribution in [3.63, 3.8) is 0 Å². The Hall–Kier alpha value is -2.91. The van der Waals surface area contributed by atoms with Gasteiger partial charge in [0.1, 0.15) is 0 Å². The van der Waals surface area contributed by atoms with E-state index in [9.17, 15) is 23.1 Å². The first-order valence-electron chi connectivity index (χ1n) is 9.21. The van der Waals surface area contributed by atoms with E-state index in [2.05, 4.69) is 9.69 Å². The molecule has 30 heavy (non-hydrogen) atoms. The minimum absolute atomic E-state index is 0.137. The maximum absolute atomic E-state index is 12.9. The number of aryl methyl sites for hydroxylation is 1. The highest BCUT2D eigenvalue weighted by atomic mass is 32.1. The molecule has 0 aliphatic rings. The molecule has 2 aromatic carbocycles. The van der Waals surface area contributed by atoms with E-state index < -0.39 is 17.8 Å². The van der Waals surface area contributed by atoms with Crippen molar-refractivity contribution in [3.8, 4) is 5.69 Å². The van der Waals surface area contributed by atoms with Gasteiger partial charge in [-0.1, -0.05) is 0 Å². The van der Waals surface area contributed by atoms with Crippen LogP contribution in [0.15, 0.2) is 42.5 Å². The van der Waals surface area contributed by atoms with Gasteiger partial charge in [-0.2, -0.15) is 17.5 Å². The number of amides is 1. The first-order valence-corrected chi connectivity index (χ1v) is 9.98. The van der Waals surface area contributed by atoms with E-state index in [-0.39, 0.29) is 12.5 Å². The predicted octanol–water partition coefficient (Wildman–Crippen LogP) is 4.68. The fourth-order valence-corrected chi connectivity index (χ4v) is 4.10. The number of halogens is 3. The average Bonchev–Trinajstić information content (AvgIpc) is 3.22. The van der Waals surface area contributed by atoms with Crippen LogP contribution < -0.4 is 5.32 Å². The first-order chi connectivity index (χ1) is 14.2. The molecule has 4 rings (SSSR count). The van der Waals surface area contributed by atoms with Gasteiger partial charge in [-0.3, -0.25) is 9.36 Å². The summed E-state index contributed by atoms with van der Waals surface area (Å²) in [5, 5.41) is 13.7. The minimum atomic E-state index is -4.40. The number of hydrogen-bond donors (Lipinski definition) is 2. The molecule has 0 fully saturated rings. The van der Waals surface area contributed by atoms with Gasteiger partial charge in [-0.05, 0) is 67.8 Å². The van der Waals surface area contributed by atoms with Gasteiger partial charge < -0.3 is 10.4 Å². The van der Waals surface area contributed by atoms with Crippen LogP contribution in [-0.2, 0) is 6.18 Å². The van der Waals surface area contributed by atoms with Crippen LogP contribution in [0, 0.1) is 6.92 Å². The topological polar surface area (TPSA) is 67.2 Å². The van der Waals surface area contributed by atoms with Crippen LogP contribution >= 0.6 is 11.5 Å². The number of nitrogens with one attached hydrogen (secondary N) is 1. The van der Waals surface area contributed by atoms with E-state index in [1.54, 1.807) is 29.7 Å². The number of hydrogen-bond acceptors (Lipinski definition) is 4. The lowest BCUT2D eigenvalue weighted by Gasteiger charge is -2.10. The second-order valence-corrected chi connectivity index (χ2v) is 8.09. The number of alkyl halides is 3. The zero-order valence-corrected chi connectivity index (χ0v) is 16.9. The monoisotopic (exact) mass is 433 g/mol. The number of carbonyl (C=O) groups excluding carboxylic acids is 1. The third-order valence-electron chi connectivity index (χ3n) is 4.84. The predicted molar refractivity (Wildman–Crippen MR) is 110 cm³/mol. The van der Waals surface area contributed by atoms with Crippen LogP contribution in [0.5, 0.6) is 0 Å². The Morgan fingerprint density at radius 3 is 2.57 bits per heavy atom. The SMILES string of the molecule is Cc1snc2c1c1cc(C(=O)NC[C@@H](C)O)ccc1n2-c1ccc(C(F)(F)F)cc1. The fraction of sp³-hybridized carbons (Fsp3) is 0.238. The van der Waals surface area contributed by atoms with E-state index in [0.717, 1.165) is 33.3 Å². The molecule has 0 spiro atoms. The molecule has 4 aromatic rings. The van der Waals surface area contributed by atoms with Crippen LogP contribution in [0.25, 0.3) is 27.6 Å². The van der Waals surface area contributed by atoms with Gasteiger partial charge in [0.2, 0.25) is 0 Å². The number of benzene rings is 2. The Bertz CT molecular complexity index is 1240. The number of aliphatic hydroxyl groups excluding tert-OH is 1. The van der Waals surface area contributed by atoms with Crippen molar-refractivity contribution in [2.75, 3.05) is 6.54 Å². The number of nitrogens with zero attached hydrogens (tertiary/aromatic N) is 2. The molecule has 0 saturated heterocycles. The molecule has 0 bridgehead atoms. The normalized spacial score (nSPS) is 13.1. The Morgan fingerprint density at radius 2 is 1.93 bits per heavy atom. The van der Waals surface area contributed by atoms with Crippen molar-refractivity contribution in [1.82, 2.24) is 14.3 Å². The second-order valence-electron chi connectivity index (χ2n) is 7.11. The van der Waals surface area contributed by atoms with E-state index >= 15 is 0 Å². The standard InChI is InChI=1S/C21H18F3N3O2S/c1-11(28)10-25-20(29)13-3-8-17-16(9-13)18-12(2)30-26-19(18)27(17)15-6-4-14(5-7-15)21(22,23)24/h3-9,11,28H,10H2,1-2H3,(H,25,29)/t11-/m1/s1. The number of rotatable bonds is 4. The summed E-state index contributed by atoms with van der Waals surface area (Å²) < 4.78 is 45.1. The molecule has 0 aliphatic carbocycles. The third-order valence-corrected chi connectivity index (χ3v) is 5.58. The van der Waals surface area contributed by atoms with Gasteiger partial charge in [0.25, 0.3) is 5.91 Å². The summed E-state index contributed by atoms with van der Waals surface area (Å²) in [6.45, 7) is 3.63. The van der Waals surface area contributed by atoms with Crippen molar-refractivity contribution < 1.29 is 23.1 Å². The molecule has 2 aromatic heterocycles. The molecular formula is C21H18F3N3O2S. The summed E-state index contributed by atoms with van der Waals surface area (Å²) in [6.07, 6.45) is -5.06. The third kappa shape index (κ3) is 3.54. The van der Waals surface area contributed by atoms with Crippen LogP contribution in [0.4, 0.5) is 13.2 Å². The Labute approximate surface area is 173 Å². The molecule has 0 aliphatic heterocycles. The Morgan fingerprint density at radius 1 is 1.23 bits per heavy atom. The summed E-state index contributed by atoms with van der Waals surface area (Å²) in [6, 6.07) is 10.1. The molecule has 9 heteroatoms. The lowest BCUT2D eigenvalue weighted by Crippen LogP contribution is -2.30. The van der Waals surface area contributed by atoms with Crippen molar-refractivity contribution in [2.45, 2.75) is 26.1 Å². The second kappa shape index (κ2) is 7.41. The number of aromatic nitrogens is 2. The van der Waals surface area contributed by atoms with Crippen LogP contribution in [0.1, 0.15) is 27.7 Å². The number of aliphatic hydroxyl groups is 1. The molecule has 2 N–H and O–H groups in total. The van der Waals surface area contributed by atoms with E-state index in [1.807, 2.05) is 6.92 Å². The minimum Gasteiger partial charge on any atom is -0.392 e. The fourth-order valence-electron chi connectivity index (χ4n) is 3.41. The van der Waals surface area contributed by atoms with E-state index in [0.29, 0.717) is 16.9 Å². The smallest absolute Gasteiger partial charge is 0.392 e. The summed E-state index contributed by atoms with van der Waals surface area (Å²) in [5.74, 6) is -0.311. The molecule has 0 radical (unpaired) electrons.